The van der Waals surface area contributed by atoms with Gasteiger partial charge < -0.3 is 19.7 Å². The van der Waals surface area contributed by atoms with E-state index in [0.29, 0.717) is 31.6 Å². The van der Waals surface area contributed by atoms with Crippen molar-refractivity contribution in [1.82, 2.24) is 10.2 Å². The highest BCUT2D eigenvalue weighted by Crippen LogP contribution is 2.44. The predicted molar refractivity (Wildman–Crippen MR) is 113 cm³/mol. The molecule has 0 aliphatic carbocycles. The molecule has 0 saturated carbocycles. The highest BCUT2D eigenvalue weighted by atomic mass is 16.5. The van der Waals surface area contributed by atoms with E-state index in [-0.39, 0.29) is 24.3 Å². The number of benzene rings is 2. The number of nitrogens with zero attached hydrogens (tertiary/aromatic N) is 1. The summed E-state index contributed by atoms with van der Waals surface area (Å²) in [5.74, 6) is 1.59. The van der Waals surface area contributed by atoms with Crippen LogP contribution in [0.4, 0.5) is 0 Å². The Morgan fingerprint density at radius 2 is 1.97 bits per heavy atom. The third-order valence-electron chi connectivity index (χ3n) is 6.20. The standard InChI is InChI=1S/C24H28N2O4/c1-26-14-13-24(12-11-23(26)28)16-19(18-8-4-6-10-21(18)30-24)25-22(27)15-17-7-3-5-9-20(17)29-2/h3-10,19H,11-16H2,1-2H3,(H,25,27). The lowest BCUT2D eigenvalue weighted by Gasteiger charge is -2.42. The normalized spacial score (nSPS) is 23.3. The van der Waals surface area contributed by atoms with Gasteiger partial charge in [0.2, 0.25) is 11.8 Å². The Morgan fingerprint density at radius 1 is 1.20 bits per heavy atom. The average molecular weight is 408 g/mol. The number of carbonyl (C=O) groups is 2. The first-order chi connectivity index (χ1) is 14.5. The van der Waals surface area contributed by atoms with Crippen LogP contribution in [-0.4, -0.2) is 43.0 Å². The van der Waals surface area contributed by atoms with Crippen molar-refractivity contribution in [2.45, 2.75) is 43.7 Å². The molecule has 0 aromatic heterocycles. The Balaban J connectivity index is 1.55. The summed E-state index contributed by atoms with van der Waals surface area (Å²) in [6, 6.07) is 15.3. The number of likely N-dealkylation sites (tertiary alicyclic amines) is 1. The van der Waals surface area contributed by atoms with Crippen LogP contribution in [0.5, 0.6) is 11.5 Å². The van der Waals surface area contributed by atoms with Gasteiger partial charge in [-0.2, -0.15) is 0 Å². The summed E-state index contributed by atoms with van der Waals surface area (Å²) >= 11 is 0. The van der Waals surface area contributed by atoms with Crippen molar-refractivity contribution >= 4 is 11.8 Å². The lowest BCUT2D eigenvalue weighted by molar-refractivity contribution is -0.129. The third-order valence-corrected chi connectivity index (χ3v) is 6.20. The second kappa shape index (κ2) is 8.38. The Morgan fingerprint density at radius 3 is 2.80 bits per heavy atom. The molecular formula is C24H28N2O4. The van der Waals surface area contributed by atoms with E-state index in [9.17, 15) is 9.59 Å². The van der Waals surface area contributed by atoms with Gasteiger partial charge >= 0.3 is 0 Å². The molecule has 1 spiro atoms. The highest BCUT2D eigenvalue weighted by Gasteiger charge is 2.43. The number of hydrogen-bond donors (Lipinski definition) is 1. The minimum Gasteiger partial charge on any atom is -0.496 e. The molecule has 2 aromatic carbocycles. The summed E-state index contributed by atoms with van der Waals surface area (Å²) in [7, 11) is 3.45. The van der Waals surface area contributed by atoms with Crippen molar-refractivity contribution in [1.29, 1.82) is 0 Å². The van der Waals surface area contributed by atoms with Crippen molar-refractivity contribution in [3.8, 4) is 11.5 Å². The molecule has 1 saturated heterocycles. The lowest BCUT2D eigenvalue weighted by Crippen LogP contribution is -2.46. The number of para-hydroxylation sites is 2. The number of carbonyl (C=O) groups excluding carboxylic acids is 2. The van der Waals surface area contributed by atoms with E-state index < -0.39 is 5.60 Å². The molecular weight excluding hydrogens is 380 g/mol. The second-order valence-electron chi connectivity index (χ2n) is 8.20. The van der Waals surface area contributed by atoms with Gasteiger partial charge in [-0.25, -0.2) is 0 Å². The van der Waals surface area contributed by atoms with Crippen LogP contribution in [0.3, 0.4) is 0 Å². The Bertz CT molecular complexity index is 944. The average Bonchev–Trinajstić information content (AvgIpc) is 2.88. The molecule has 2 aromatic rings. The maximum absolute atomic E-state index is 12.9. The zero-order chi connectivity index (χ0) is 21.1. The number of methoxy groups -OCH3 is 1. The van der Waals surface area contributed by atoms with Crippen molar-refractivity contribution < 1.29 is 19.1 Å². The van der Waals surface area contributed by atoms with Crippen LogP contribution in [-0.2, 0) is 16.0 Å². The SMILES string of the molecule is COc1ccccc1CC(=O)NC1CC2(CCC(=O)N(C)CC2)Oc2ccccc21. The van der Waals surface area contributed by atoms with Gasteiger partial charge in [-0.15, -0.1) is 0 Å². The first kappa shape index (κ1) is 20.3. The molecule has 6 heteroatoms. The van der Waals surface area contributed by atoms with Gasteiger partial charge in [0, 0.05) is 44.0 Å². The summed E-state index contributed by atoms with van der Waals surface area (Å²) < 4.78 is 11.8. The molecule has 6 nitrogen and oxygen atoms in total. The topological polar surface area (TPSA) is 67.9 Å². The van der Waals surface area contributed by atoms with Gasteiger partial charge in [-0.05, 0) is 18.6 Å². The summed E-state index contributed by atoms with van der Waals surface area (Å²) in [6.07, 6.45) is 2.77. The number of amides is 2. The first-order valence-corrected chi connectivity index (χ1v) is 10.4. The fourth-order valence-corrected chi connectivity index (χ4v) is 4.47. The number of hydrogen-bond acceptors (Lipinski definition) is 4. The van der Waals surface area contributed by atoms with Crippen LogP contribution >= 0.6 is 0 Å². The van der Waals surface area contributed by atoms with E-state index >= 15 is 0 Å². The fourth-order valence-electron chi connectivity index (χ4n) is 4.47. The monoisotopic (exact) mass is 408 g/mol. The van der Waals surface area contributed by atoms with E-state index in [4.69, 9.17) is 9.47 Å². The number of ether oxygens (including phenoxy) is 2. The summed E-state index contributed by atoms with van der Waals surface area (Å²) in [4.78, 5) is 26.9. The van der Waals surface area contributed by atoms with E-state index in [0.717, 1.165) is 23.3 Å². The molecule has 0 bridgehead atoms. The summed E-state index contributed by atoms with van der Waals surface area (Å²) in [6.45, 7) is 0.656. The van der Waals surface area contributed by atoms with Crippen LogP contribution in [0.15, 0.2) is 48.5 Å². The Hall–Kier alpha value is -3.02. The van der Waals surface area contributed by atoms with Gasteiger partial charge in [-0.1, -0.05) is 36.4 Å². The van der Waals surface area contributed by atoms with E-state index in [1.165, 1.54) is 0 Å². The summed E-state index contributed by atoms with van der Waals surface area (Å²) in [5.41, 5.74) is 1.40. The quantitative estimate of drug-likeness (QED) is 0.843. The van der Waals surface area contributed by atoms with Crippen LogP contribution in [0.1, 0.15) is 42.9 Å². The van der Waals surface area contributed by atoms with Crippen LogP contribution in [0.2, 0.25) is 0 Å². The molecule has 2 unspecified atom stereocenters. The Labute approximate surface area is 177 Å². The van der Waals surface area contributed by atoms with Gasteiger partial charge in [-0.3, -0.25) is 9.59 Å². The minimum atomic E-state index is -0.447. The van der Waals surface area contributed by atoms with Gasteiger partial charge in [0.05, 0.1) is 19.6 Å². The largest absolute Gasteiger partial charge is 0.496 e. The van der Waals surface area contributed by atoms with Gasteiger partial charge in [0.15, 0.2) is 0 Å². The zero-order valence-electron chi connectivity index (χ0n) is 17.5. The number of rotatable bonds is 4. The first-order valence-electron chi connectivity index (χ1n) is 10.4. The fraction of sp³-hybridized carbons (Fsp3) is 0.417. The lowest BCUT2D eigenvalue weighted by atomic mass is 9.82. The van der Waals surface area contributed by atoms with Crippen molar-refractivity contribution in [2.75, 3.05) is 20.7 Å². The Kier molecular flexibility index (Phi) is 5.66. The van der Waals surface area contributed by atoms with Crippen molar-refractivity contribution in [2.24, 2.45) is 0 Å². The smallest absolute Gasteiger partial charge is 0.225 e. The summed E-state index contributed by atoms with van der Waals surface area (Å²) in [5, 5.41) is 3.22. The van der Waals surface area contributed by atoms with E-state index in [1.807, 2.05) is 55.6 Å². The molecule has 2 aliphatic heterocycles. The molecule has 2 aliphatic rings. The van der Waals surface area contributed by atoms with Crippen molar-refractivity contribution in [3.63, 3.8) is 0 Å². The predicted octanol–water partition coefficient (Wildman–Crippen LogP) is 3.26. The maximum atomic E-state index is 12.9. The van der Waals surface area contributed by atoms with E-state index in [2.05, 4.69) is 5.32 Å². The third kappa shape index (κ3) is 4.13. The molecule has 0 radical (unpaired) electrons. The van der Waals surface area contributed by atoms with E-state index in [1.54, 1.807) is 12.0 Å². The zero-order valence-corrected chi connectivity index (χ0v) is 17.5. The van der Waals surface area contributed by atoms with Crippen LogP contribution < -0.4 is 14.8 Å². The molecule has 30 heavy (non-hydrogen) atoms. The number of fused-ring (bicyclic) bond motifs is 1. The van der Waals surface area contributed by atoms with Crippen LogP contribution in [0, 0.1) is 0 Å². The molecule has 1 fully saturated rings. The van der Waals surface area contributed by atoms with Gasteiger partial charge in [0.1, 0.15) is 17.1 Å². The molecule has 158 valence electrons. The second-order valence-corrected chi connectivity index (χ2v) is 8.20. The molecule has 1 N–H and O–H groups in total. The maximum Gasteiger partial charge on any atom is 0.225 e. The molecule has 2 heterocycles. The highest BCUT2D eigenvalue weighted by molar-refractivity contribution is 5.80. The molecule has 4 rings (SSSR count). The minimum absolute atomic E-state index is 0.0573. The molecule has 2 atom stereocenters. The number of nitrogens with one attached hydrogen (secondary N) is 1. The van der Waals surface area contributed by atoms with Crippen molar-refractivity contribution in [3.05, 3.63) is 59.7 Å². The molecule has 2 amide bonds. The van der Waals surface area contributed by atoms with Gasteiger partial charge in [0.25, 0.3) is 0 Å². The van der Waals surface area contributed by atoms with Crippen LogP contribution in [0.25, 0.3) is 0 Å².